The first-order valence-electron chi connectivity index (χ1n) is 3.17. The summed E-state index contributed by atoms with van der Waals surface area (Å²) in [6.07, 6.45) is 2.37. The minimum absolute atomic E-state index is 0. The average Bonchev–Trinajstić information content (AvgIpc) is 2.14. The smallest absolute Gasteiger partial charge is 0 e. The van der Waals surface area contributed by atoms with E-state index in [0.717, 1.165) is 12.3 Å². The predicted octanol–water partition coefficient (Wildman–Crippen LogP) is 1.32. The number of hydrogen-bond acceptors (Lipinski definition) is 1. The van der Waals surface area contributed by atoms with Crippen molar-refractivity contribution in [2.45, 2.75) is 12.8 Å². The second kappa shape index (κ2) is 4.81. The van der Waals surface area contributed by atoms with Crippen LogP contribution in [0.2, 0.25) is 0 Å². The number of likely N-dealkylation sites (tertiary alicyclic amines) is 1. The molecule has 0 aromatic rings. The molecule has 1 unspecified atom stereocenters. The molecule has 1 saturated heterocycles. The van der Waals surface area contributed by atoms with Gasteiger partial charge >= 0.3 is 0 Å². The summed E-state index contributed by atoms with van der Waals surface area (Å²) in [5.41, 5.74) is 0. The maximum atomic E-state index is 3.84. The second-order valence-corrected chi connectivity index (χ2v) is 2.47. The van der Waals surface area contributed by atoms with E-state index in [9.17, 15) is 0 Å². The van der Waals surface area contributed by atoms with E-state index in [1.807, 2.05) is 0 Å². The van der Waals surface area contributed by atoms with Crippen LogP contribution < -0.4 is 0 Å². The molecule has 1 heterocycles. The standard InChI is InChI=1S/C7H13N.Y/c1-3-7-4-5-8(2)6-7;/h6-7H,1,3-5H2,2H3;/q-2;. The van der Waals surface area contributed by atoms with Gasteiger partial charge in [0.2, 0.25) is 0 Å². The molecule has 1 fully saturated rings. The van der Waals surface area contributed by atoms with Crippen LogP contribution in [-0.2, 0) is 32.7 Å². The van der Waals surface area contributed by atoms with Gasteiger partial charge in [0.25, 0.3) is 0 Å². The van der Waals surface area contributed by atoms with Crippen molar-refractivity contribution in [3.8, 4) is 0 Å². The largest absolute Gasteiger partial charge is 0.459 e. The molecular formula is C7H13NY-2. The topological polar surface area (TPSA) is 3.24 Å². The molecule has 0 spiro atoms. The van der Waals surface area contributed by atoms with Crippen molar-refractivity contribution in [1.82, 2.24) is 4.90 Å². The van der Waals surface area contributed by atoms with E-state index in [0.29, 0.717) is 0 Å². The molecular weight excluding hydrogens is 187 g/mol. The third kappa shape index (κ3) is 3.11. The van der Waals surface area contributed by atoms with Gasteiger partial charge in [0.05, 0.1) is 0 Å². The quantitative estimate of drug-likeness (QED) is 0.577. The summed E-state index contributed by atoms with van der Waals surface area (Å²) in [7, 11) is 2.12. The third-order valence-corrected chi connectivity index (χ3v) is 1.69. The van der Waals surface area contributed by atoms with Crippen molar-refractivity contribution in [3.63, 3.8) is 0 Å². The minimum Gasteiger partial charge on any atom is -0.459 e. The van der Waals surface area contributed by atoms with Gasteiger partial charge in [-0.2, -0.15) is 5.92 Å². The zero-order valence-electron chi connectivity index (χ0n) is 6.01. The van der Waals surface area contributed by atoms with Gasteiger partial charge in [-0.05, 0) is 13.6 Å². The Morgan fingerprint density at radius 2 is 2.44 bits per heavy atom. The zero-order chi connectivity index (χ0) is 5.98. The van der Waals surface area contributed by atoms with Crippen LogP contribution in [0.25, 0.3) is 0 Å². The van der Waals surface area contributed by atoms with Gasteiger partial charge in [-0.15, -0.1) is 0 Å². The maximum Gasteiger partial charge on any atom is 0 e. The Bertz CT molecular complexity index is 75.3. The molecule has 1 radical (unpaired) electrons. The molecule has 1 rings (SSSR count). The Morgan fingerprint density at radius 1 is 1.78 bits per heavy atom. The number of nitrogens with zero attached hydrogens (tertiary/aromatic N) is 1. The minimum atomic E-state index is 0. The van der Waals surface area contributed by atoms with Gasteiger partial charge < -0.3 is 11.8 Å². The Morgan fingerprint density at radius 3 is 2.67 bits per heavy atom. The van der Waals surface area contributed by atoms with Crippen LogP contribution in [0.4, 0.5) is 0 Å². The summed E-state index contributed by atoms with van der Waals surface area (Å²) in [6, 6.07) is 0. The van der Waals surface area contributed by atoms with E-state index in [1.165, 1.54) is 13.0 Å². The molecule has 0 N–H and O–H groups in total. The normalized spacial score (nSPS) is 28.0. The van der Waals surface area contributed by atoms with Crippen LogP contribution in [0.1, 0.15) is 12.8 Å². The molecule has 2 heteroatoms. The van der Waals surface area contributed by atoms with Gasteiger partial charge in [-0.25, -0.2) is 6.42 Å². The Labute approximate surface area is 83.1 Å². The zero-order valence-corrected chi connectivity index (χ0v) is 8.85. The summed E-state index contributed by atoms with van der Waals surface area (Å²) >= 11 is 0. The monoisotopic (exact) mass is 200 g/mol. The summed E-state index contributed by atoms with van der Waals surface area (Å²) in [4.78, 5) is 2.25. The SMILES string of the molecule is [CH2-]CC1[CH-]N(C)CC1.[Y]. The van der Waals surface area contributed by atoms with Crippen LogP contribution in [0.15, 0.2) is 0 Å². The molecule has 1 aliphatic heterocycles. The van der Waals surface area contributed by atoms with Crippen molar-refractivity contribution in [2.75, 3.05) is 13.6 Å². The molecule has 0 aromatic carbocycles. The fraction of sp³-hybridized carbons (Fsp3) is 0.714. The van der Waals surface area contributed by atoms with Gasteiger partial charge in [0, 0.05) is 32.7 Å². The Balaban J connectivity index is 0.000000640. The van der Waals surface area contributed by atoms with E-state index >= 15 is 0 Å². The van der Waals surface area contributed by atoms with Crippen LogP contribution in [0.3, 0.4) is 0 Å². The van der Waals surface area contributed by atoms with Gasteiger partial charge in [0.15, 0.2) is 0 Å². The van der Waals surface area contributed by atoms with Crippen molar-refractivity contribution < 1.29 is 32.7 Å². The first-order valence-corrected chi connectivity index (χ1v) is 3.17. The number of hydrogen-bond donors (Lipinski definition) is 0. The summed E-state index contributed by atoms with van der Waals surface area (Å²) < 4.78 is 0. The Kier molecular flexibility index (Phi) is 5.38. The molecule has 1 aliphatic rings. The van der Waals surface area contributed by atoms with Gasteiger partial charge in [0.1, 0.15) is 0 Å². The summed E-state index contributed by atoms with van der Waals surface area (Å²) in [5.74, 6) is 0.764. The first kappa shape index (κ1) is 10.1. The van der Waals surface area contributed by atoms with Gasteiger partial charge in [-0.3, -0.25) is 6.54 Å². The van der Waals surface area contributed by atoms with Crippen LogP contribution in [0, 0.1) is 19.4 Å². The van der Waals surface area contributed by atoms with E-state index < -0.39 is 0 Å². The third-order valence-electron chi connectivity index (χ3n) is 1.69. The first-order chi connectivity index (χ1) is 3.83. The summed E-state index contributed by atoms with van der Waals surface area (Å²) in [6.45, 7) is 7.34. The molecule has 0 bridgehead atoms. The molecule has 51 valence electrons. The molecule has 0 saturated carbocycles. The van der Waals surface area contributed by atoms with Crippen molar-refractivity contribution in [1.29, 1.82) is 0 Å². The van der Waals surface area contributed by atoms with Crippen LogP contribution >= 0.6 is 0 Å². The van der Waals surface area contributed by atoms with Crippen LogP contribution in [-0.4, -0.2) is 18.5 Å². The molecule has 0 amide bonds. The molecule has 1 atom stereocenters. The van der Waals surface area contributed by atoms with E-state index in [-0.39, 0.29) is 32.7 Å². The Hall–Kier alpha value is 1.06. The van der Waals surface area contributed by atoms with Gasteiger partial charge in [-0.1, -0.05) is 6.42 Å². The fourth-order valence-corrected chi connectivity index (χ4v) is 1.10. The van der Waals surface area contributed by atoms with Crippen LogP contribution in [0.5, 0.6) is 0 Å². The summed E-state index contributed by atoms with van der Waals surface area (Å²) in [5, 5.41) is 0. The van der Waals surface area contributed by atoms with Crippen molar-refractivity contribution in [3.05, 3.63) is 13.5 Å². The average molecular weight is 200 g/mol. The molecule has 0 aliphatic carbocycles. The van der Waals surface area contributed by atoms with E-state index in [1.54, 1.807) is 0 Å². The fourth-order valence-electron chi connectivity index (χ4n) is 1.10. The second-order valence-electron chi connectivity index (χ2n) is 2.47. The predicted molar refractivity (Wildman–Crippen MR) is 35.0 cm³/mol. The van der Waals surface area contributed by atoms with Crippen molar-refractivity contribution >= 4 is 0 Å². The van der Waals surface area contributed by atoms with Crippen molar-refractivity contribution in [2.24, 2.45) is 5.92 Å². The molecule has 9 heavy (non-hydrogen) atoms. The van der Waals surface area contributed by atoms with E-state index in [4.69, 9.17) is 0 Å². The van der Waals surface area contributed by atoms with E-state index in [2.05, 4.69) is 25.4 Å². The molecule has 0 aromatic heterocycles. The molecule has 1 nitrogen and oxygen atoms in total. The number of rotatable bonds is 1. The maximum absolute atomic E-state index is 3.84.